The Labute approximate surface area is 294 Å². The van der Waals surface area contributed by atoms with Gasteiger partial charge in [-0.3, -0.25) is 0 Å². The Kier molecular flexibility index (Phi) is 12.3. The molecule has 16 heteroatoms. The molecule has 278 valence electrons. The van der Waals surface area contributed by atoms with E-state index < -0.39 is 62.6 Å². The molecule has 1 amide bonds. The molecule has 0 saturated carbocycles. The molecule has 2 aromatic carbocycles. The van der Waals surface area contributed by atoms with E-state index in [1.165, 1.54) is 18.2 Å². The number of carbonyl (C=O) groups excluding carboxylic acids is 1. The van der Waals surface area contributed by atoms with Gasteiger partial charge in [0.1, 0.15) is 6.09 Å². The maximum absolute atomic E-state index is 14.4. The molecule has 5 atom stereocenters. The Bertz CT molecular complexity index is 1670. The first-order valence-electron chi connectivity index (χ1n) is 17.0. The summed E-state index contributed by atoms with van der Waals surface area (Å²) in [5, 5.41) is 25.0. The summed E-state index contributed by atoms with van der Waals surface area (Å²) in [6, 6.07) is 11.5. The van der Waals surface area contributed by atoms with E-state index in [1.54, 1.807) is 12.1 Å². The van der Waals surface area contributed by atoms with Crippen LogP contribution in [0.4, 0.5) is 4.79 Å². The molecule has 2 saturated heterocycles. The predicted octanol–water partition coefficient (Wildman–Crippen LogP) is 1.92. The molecule has 0 unspecified atom stereocenters. The SMILES string of the molecule is CCCCS(=O)(=O)NCCC(C)(C)CN(C[C@@H](O)[C@H](Cc1ccccc1)N(C(=O)[O-])[C@H]1CO[C@H]2OCC[C@H]21)S(=O)(=O)c1ccc2c(c1)OCO2. The van der Waals surface area contributed by atoms with Gasteiger partial charge in [-0.25, -0.2) is 21.6 Å². The number of carboxylic acid groups (broad SMARTS) is 1. The zero-order valence-corrected chi connectivity index (χ0v) is 30.4. The maximum Gasteiger partial charge on any atom is 0.243 e. The van der Waals surface area contributed by atoms with Gasteiger partial charge in [0.2, 0.25) is 26.8 Å². The van der Waals surface area contributed by atoms with Crippen LogP contribution in [0.5, 0.6) is 11.5 Å². The smallest absolute Gasteiger partial charge is 0.243 e. The van der Waals surface area contributed by atoms with Crippen LogP contribution in [0.1, 0.15) is 52.0 Å². The van der Waals surface area contributed by atoms with Gasteiger partial charge in [0.25, 0.3) is 0 Å². The number of carbonyl (C=O) groups is 1. The second-order valence-corrected chi connectivity index (χ2v) is 17.7. The number of aliphatic hydroxyl groups is 1. The molecule has 50 heavy (non-hydrogen) atoms. The Morgan fingerprint density at radius 1 is 1.08 bits per heavy atom. The van der Waals surface area contributed by atoms with Crippen LogP contribution in [0.3, 0.4) is 0 Å². The van der Waals surface area contributed by atoms with Crippen molar-refractivity contribution in [1.82, 2.24) is 13.9 Å². The first-order valence-corrected chi connectivity index (χ1v) is 20.1. The average molecular weight is 739 g/mol. The second-order valence-electron chi connectivity index (χ2n) is 13.9. The summed E-state index contributed by atoms with van der Waals surface area (Å²) in [5.74, 6) is 0.378. The number of amides is 1. The van der Waals surface area contributed by atoms with Gasteiger partial charge in [-0.2, -0.15) is 4.31 Å². The zero-order valence-electron chi connectivity index (χ0n) is 28.7. The van der Waals surface area contributed by atoms with Gasteiger partial charge in [-0.1, -0.05) is 57.5 Å². The number of fused-ring (bicyclic) bond motifs is 2. The summed E-state index contributed by atoms with van der Waals surface area (Å²) in [4.78, 5) is 13.9. The summed E-state index contributed by atoms with van der Waals surface area (Å²) in [5.41, 5.74) is -0.0469. The Hall–Kier alpha value is -2.99. The van der Waals surface area contributed by atoms with Crippen molar-refractivity contribution in [1.29, 1.82) is 0 Å². The van der Waals surface area contributed by atoms with Crippen LogP contribution in [-0.4, -0.2) is 107 Å². The summed E-state index contributed by atoms with van der Waals surface area (Å²) in [6.07, 6.45) is -1.42. The zero-order chi connectivity index (χ0) is 36.1. The van der Waals surface area contributed by atoms with Gasteiger partial charge in [-0.05, 0) is 48.8 Å². The summed E-state index contributed by atoms with van der Waals surface area (Å²) < 4.78 is 79.7. The number of hydrogen-bond donors (Lipinski definition) is 2. The van der Waals surface area contributed by atoms with Crippen molar-refractivity contribution in [2.75, 3.05) is 45.4 Å². The van der Waals surface area contributed by atoms with E-state index in [4.69, 9.17) is 18.9 Å². The quantitative estimate of drug-likeness (QED) is 0.228. The number of rotatable bonds is 18. The lowest BCUT2D eigenvalue weighted by molar-refractivity contribution is -0.273. The molecule has 14 nitrogen and oxygen atoms in total. The molecule has 3 aliphatic rings. The van der Waals surface area contributed by atoms with Crippen molar-refractivity contribution < 1.29 is 50.8 Å². The molecule has 0 aromatic heterocycles. The lowest BCUT2D eigenvalue weighted by Crippen LogP contribution is -2.61. The third-order valence-corrected chi connectivity index (χ3v) is 12.8. The minimum absolute atomic E-state index is 0.00175. The summed E-state index contributed by atoms with van der Waals surface area (Å²) in [7, 11) is -7.83. The van der Waals surface area contributed by atoms with Crippen LogP contribution in [0.25, 0.3) is 0 Å². The number of sulfonamides is 2. The highest BCUT2D eigenvalue weighted by Gasteiger charge is 2.47. The molecule has 2 aromatic rings. The molecular weight excluding hydrogens is 691 g/mol. The van der Waals surface area contributed by atoms with Gasteiger partial charge in [0.05, 0.1) is 42.0 Å². The highest BCUT2D eigenvalue weighted by atomic mass is 32.2. The summed E-state index contributed by atoms with van der Waals surface area (Å²) in [6.45, 7) is 5.42. The molecule has 0 radical (unpaired) electrons. The standard InChI is InChI=1S/C34H49N3O11S2/c1-4-5-17-49(41,42)35-15-14-34(2,3)22-36(50(43,44)25-11-12-30-31(19-25)48-23-47-30)20-29(38)27(18-24-9-7-6-8-10-24)37(33(39)40)28-21-46-32-26(28)13-16-45-32/h6-12,19,26-29,32,35,38H,4-5,13-18,20-23H2,1-3H3,(H,39,40)/p-1/t26-,27-,28-,29+,32+/m0/s1. The lowest BCUT2D eigenvalue weighted by atomic mass is 9.89. The minimum atomic E-state index is -4.33. The molecule has 3 aliphatic heterocycles. The van der Waals surface area contributed by atoms with E-state index in [-0.39, 0.29) is 61.6 Å². The number of ether oxygens (including phenoxy) is 4. The normalized spacial score (nSPS) is 21.7. The van der Waals surface area contributed by atoms with Crippen LogP contribution in [0.15, 0.2) is 53.4 Å². The number of benzene rings is 2. The van der Waals surface area contributed by atoms with E-state index in [9.17, 15) is 31.8 Å². The topological polar surface area (TPSA) is 184 Å². The first-order chi connectivity index (χ1) is 23.7. The molecule has 3 heterocycles. The van der Waals surface area contributed by atoms with Gasteiger partial charge < -0.3 is 38.9 Å². The predicted molar refractivity (Wildman–Crippen MR) is 181 cm³/mol. The van der Waals surface area contributed by atoms with Crippen LogP contribution < -0.4 is 19.3 Å². The highest BCUT2D eigenvalue weighted by molar-refractivity contribution is 7.89. The van der Waals surface area contributed by atoms with E-state index in [1.807, 2.05) is 39.0 Å². The average Bonchev–Trinajstić information content (AvgIpc) is 3.82. The number of nitrogens with zero attached hydrogens (tertiary/aromatic N) is 2. The fourth-order valence-corrected chi connectivity index (χ4v) is 9.68. The molecule has 2 fully saturated rings. The number of unbranched alkanes of at least 4 members (excludes halogenated alkanes) is 1. The molecular formula is C34H48N3O11S2-. The molecule has 0 aliphatic carbocycles. The molecule has 5 rings (SSSR count). The highest BCUT2D eigenvalue weighted by Crippen LogP contribution is 2.38. The summed E-state index contributed by atoms with van der Waals surface area (Å²) >= 11 is 0. The van der Waals surface area contributed by atoms with E-state index in [0.29, 0.717) is 25.2 Å². The third-order valence-electron chi connectivity index (χ3n) is 9.53. The van der Waals surface area contributed by atoms with E-state index in [2.05, 4.69) is 4.72 Å². The Morgan fingerprint density at radius 3 is 2.54 bits per heavy atom. The van der Waals surface area contributed by atoms with Crippen LogP contribution in [-0.2, 0) is 35.9 Å². The van der Waals surface area contributed by atoms with Gasteiger partial charge >= 0.3 is 0 Å². The fraction of sp³-hybridized carbons (Fsp3) is 0.618. The van der Waals surface area contributed by atoms with Crippen molar-refractivity contribution >= 4 is 26.1 Å². The maximum atomic E-state index is 14.4. The Balaban J connectivity index is 1.45. The largest absolute Gasteiger partial charge is 0.530 e. The van der Waals surface area contributed by atoms with Gasteiger partial charge in [-0.15, -0.1) is 0 Å². The van der Waals surface area contributed by atoms with Gasteiger partial charge in [0, 0.05) is 31.6 Å². The fourth-order valence-electron chi connectivity index (χ4n) is 6.79. The van der Waals surface area contributed by atoms with Gasteiger partial charge in [0.15, 0.2) is 17.8 Å². The lowest BCUT2D eigenvalue weighted by Gasteiger charge is -2.43. The molecule has 0 spiro atoms. The van der Waals surface area contributed by atoms with Crippen molar-refractivity contribution in [3.8, 4) is 11.5 Å². The van der Waals surface area contributed by atoms with E-state index in [0.717, 1.165) is 21.2 Å². The number of aliphatic hydroxyl groups excluding tert-OH is 1. The second kappa shape index (κ2) is 16.1. The van der Waals surface area contributed by atoms with Crippen molar-refractivity contribution in [2.45, 2.75) is 82.2 Å². The van der Waals surface area contributed by atoms with Crippen molar-refractivity contribution in [3.63, 3.8) is 0 Å². The van der Waals surface area contributed by atoms with Crippen LogP contribution >= 0.6 is 0 Å². The van der Waals surface area contributed by atoms with Crippen molar-refractivity contribution in [2.24, 2.45) is 11.3 Å². The first kappa shape index (κ1) is 38.2. The Morgan fingerprint density at radius 2 is 1.82 bits per heavy atom. The third kappa shape index (κ3) is 9.26. The number of nitrogens with one attached hydrogen (secondary N) is 1. The van der Waals surface area contributed by atoms with Crippen molar-refractivity contribution in [3.05, 3.63) is 54.1 Å². The van der Waals surface area contributed by atoms with Crippen LogP contribution in [0.2, 0.25) is 0 Å². The minimum Gasteiger partial charge on any atom is -0.530 e. The monoisotopic (exact) mass is 738 g/mol. The molecule has 2 N–H and O–H groups in total. The van der Waals surface area contributed by atoms with Crippen LogP contribution in [0, 0.1) is 11.3 Å². The molecule has 0 bridgehead atoms. The number of hydrogen-bond acceptors (Lipinski definition) is 11. The van der Waals surface area contributed by atoms with E-state index >= 15 is 0 Å².